The Bertz CT molecular complexity index is 848. The van der Waals surface area contributed by atoms with Crippen molar-refractivity contribution >= 4 is 35.4 Å². The third-order valence-electron chi connectivity index (χ3n) is 4.45. The lowest BCUT2D eigenvalue weighted by Crippen LogP contribution is -2.38. The van der Waals surface area contributed by atoms with Crippen molar-refractivity contribution in [2.75, 3.05) is 32.1 Å². The maximum atomic E-state index is 12.5. The maximum absolute atomic E-state index is 12.5. The molecule has 1 unspecified atom stereocenters. The Balaban J connectivity index is 1.52. The molecule has 1 amide bonds. The normalized spacial score (nSPS) is 17.0. The zero-order valence-electron chi connectivity index (χ0n) is 17.6. The van der Waals surface area contributed by atoms with Crippen molar-refractivity contribution in [2.45, 2.75) is 37.6 Å². The minimum Gasteiger partial charge on any atom is -0.464 e. The van der Waals surface area contributed by atoms with Gasteiger partial charge in [0.1, 0.15) is 35.0 Å². The van der Waals surface area contributed by atoms with Gasteiger partial charge in [-0.1, -0.05) is 0 Å². The van der Waals surface area contributed by atoms with E-state index in [1.54, 1.807) is 29.6 Å². The van der Waals surface area contributed by atoms with Crippen molar-refractivity contribution in [2.24, 2.45) is 0 Å². The number of thioether (sulfide) groups is 2. The van der Waals surface area contributed by atoms with Crippen molar-refractivity contribution in [1.82, 2.24) is 9.80 Å². The predicted molar refractivity (Wildman–Crippen MR) is 118 cm³/mol. The number of nitrogens with zero attached hydrogens (tertiary/aromatic N) is 2. The van der Waals surface area contributed by atoms with E-state index in [1.165, 1.54) is 6.92 Å². The third-order valence-corrected chi connectivity index (χ3v) is 6.65. The summed E-state index contributed by atoms with van der Waals surface area (Å²) in [5, 5.41) is -0.145. The van der Waals surface area contributed by atoms with E-state index in [-0.39, 0.29) is 23.9 Å². The predicted octanol–water partition coefficient (Wildman–Crippen LogP) is 3.89. The van der Waals surface area contributed by atoms with Gasteiger partial charge in [0, 0.05) is 31.4 Å². The molecule has 0 aromatic carbocycles. The number of carbonyl (C=O) groups excluding carboxylic acids is 2. The fourth-order valence-electron chi connectivity index (χ4n) is 3.11. The minimum atomic E-state index is -0.348. The molecule has 1 aliphatic rings. The molecule has 9 heteroatoms. The summed E-state index contributed by atoms with van der Waals surface area (Å²) < 4.78 is 16.7. The first-order valence-electron chi connectivity index (χ1n) is 9.85. The van der Waals surface area contributed by atoms with E-state index in [0.717, 1.165) is 41.1 Å². The van der Waals surface area contributed by atoms with Crippen LogP contribution in [0.15, 0.2) is 33.1 Å². The molecule has 0 spiro atoms. The van der Waals surface area contributed by atoms with E-state index < -0.39 is 0 Å². The SMILES string of the molecule is CC(=O)OCc1ccc(C2SCCC(=O)N2CCSCc2ccc(CN(C)C)o2)o1. The topological polar surface area (TPSA) is 76.1 Å². The lowest BCUT2D eigenvalue weighted by molar-refractivity contribution is -0.142. The second-order valence-electron chi connectivity index (χ2n) is 7.30. The van der Waals surface area contributed by atoms with Gasteiger partial charge in [-0.25, -0.2) is 0 Å². The third kappa shape index (κ3) is 6.58. The molecule has 1 saturated heterocycles. The first kappa shape index (κ1) is 22.8. The molecule has 2 aromatic heterocycles. The van der Waals surface area contributed by atoms with Gasteiger partial charge < -0.3 is 23.4 Å². The number of rotatable bonds is 10. The summed E-state index contributed by atoms with van der Waals surface area (Å²) in [4.78, 5) is 27.5. The van der Waals surface area contributed by atoms with Gasteiger partial charge in [0.2, 0.25) is 5.91 Å². The second-order valence-corrected chi connectivity index (χ2v) is 9.60. The second kappa shape index (κ2) is 11.0. The monoisotopic (exact) mass is 452 g/mol. The molecule has 164 valence electrons. The molecule has 0 aliphatic carbocycles. The molecule has 0 bridgehead atoms. The van der Waals surface area contributed by atoms with E-state index in [2.05, 4.69) is 4.90 Å². The highest BCUT2D eigenvalue weighted by atomic mass is 32.2. The highest BCUT2D eigenvalue weighted by molar-refractivity contribution is 7.99. The standard InChI is InChI=1S/C21H28N2O5S2/c1-15(24)26-13-17-6-7-19(28-17)21-23(20(25)8-10-30-21)9-11-29-14-18-5-4-16(27-18)12-22(2)3/h4-7,21H,8-14H2,1-3H3. The van der Waals surface area contributed by atoms with Crippen LogP contribution in [-0.4, -0.2) is 53.8 Å². The Labute approximate surface area is 185 Å². The zero-order valence-corrected chi connectivity index (χ0v) is 19.2. The van der Waals surface area contributed by atoms with Gasteiger partial charge in [-0.05, 0) is 38.4 Å². The number of furan rings is 2. The first-order valence-corrected chi connectivity index (χ1v) is 12.1. The Hall–Kier alpha value is -1.84. The Kier molecular flexibility index (Phi) is 8.35. The van der Waals surface area contributed by atoms with Crippen LogP contribution in [-0.2, 0) is 33.2 Å². The van der Waals surface area contributed by atoms with E-state index in [0.29, 0.717) is 18.7 Å². The minimum absolute atomic E-state index is 0.107. The molecular weight excluding hydrogens is 424 g/mol. The van der Waals surface area contributed by atoms with Gasteiger partial charge in [-0.15, -0.1) is 11.8 Å². The van der Waals surface area contributed by atoms with Crippen LogP contribution in [0.2, 0.25) is 0 Å². The van der Waals surface area contributed by atoms with Crippen molar-refractivity contribution < 1.29 is 23.2 Å². The molecule has 7 nitrogen and oxygen atoms in total. The molecule has 3 rings (SSSR count). The largest absolute Gasteiger partial charge is 0.464 e. The molecule has 30 heavy (non-hydrogen) atoms. The van der Waals surface area contributed by atoms with Crippen LogP contribution in [0.5, 0.6) is 0 Å². The summed E-state index contributed by atoms with van der Waals surface area (Å²) in [5.74, 6) is 5.37. The number of esters is 1. The highest BCUT2D eigenvalue weighted by Crippen LogP contribution is 2.38. The van der Waals surface area contributed by atoms with Gasteiger partial charge in [0.05, 0.1) is 12.3 Å². The fraction of sp³-hybridized carbons (Fsp3) is 0.524. The van der Waals surface area contributed by atoms with Crippen LogP contribution in [0.1, 0.15) is 41.8 Å². The molecule has 0 radical (unpaired) electrons. The van der Waals surface area contributed by atoms with Crippen LogP contribution in [0.25, 0.3) is 0 Å². The van der Waals surface area contributed by atoms with E-state index >= 15 is 0 Å². The van der Waals surface area contributed by atoms with Gasteiger partial charge in [-0.2, -0.15) is 11.8 Å². The average Bonchev–Trinajstić information content (AvgIpc) is 3.33. The smallest absolute Gasteiger partial charge is 0.303 e. The number of carbonyl (C=O) groups is 2. The molecule has 0 N–H and O–H groups in total. The number of ether oxygens (including phenoxy) is 1. The highest BCUT2D eigenvalue weighted by Gasteiger charge is 2.31. The summed E-state index contributed by atoms with van der Waals surface area (Å²) in [6.07, 6.45) is 0.541. The van der Waals surface area contributed by atoms with Crippen LogP contribution in [0.4, 0.5) is 0 Å². The number of amides is 1. The van der Waals surface area contributed by atoms with Gasteiger partial charge >= 0.3 is 5.97 Å². The lowest BCUT2D eigenvalue weighted by Gasteiger charge is -2.33. The number of hydrogen-bond donors (Lipinski definition) is 0. The fourth-order valence-corrected chi connectivity index (χ4v) is 5.15. The molecule has 1 atom stereocenters. The van der Waals surface area contributed by atoms with Crippen LogP contribution >= 0.6 is 23.5 Å². The Morgan fingerprint density at radius 2 is 2.00 bits per heavy atom. The molecule has 2 aromatic rings. The molecular formula is C21H28N2O5S2. The van der Waals surface area contributed by atoms with Gasteiger partial charge in [-0.3, -0.25) is 9.59 Å². The Morgan fingerprint density at radius 3 is 2.77 bits per heavy atom. The maximum Gasteiger partial charge on any atom is 0.303 e. The Morgan fingerprint density at radius 1 is 1.23 bits per heavy atom. The summed E-state index contributed by atoms with van der Waals surface area (Å²) >= 11 is 3.45. The molecule has 0 saturated carbocycles. The van der Waals surface area contributed by atoms with Crippen molar-refractivity contribution in [1.29, 1.82) is 0 Å². The van der Waals surface area contributed by atoms with E-state index in [1.807, 2.05) is 37.2 Å². The average molecular weight is 453 g/mol. The summed E-state index contributed by atoms with van der Waals surface area (Å²) in [6.45, 7) is 2.90. The summed E-state index contributed by atoms with van der Waals surface area (Å²) in [6, 6.07) is 7.70. The molecule has 1 aliphatic heterocycles. The first-order chi connectivity index (χ1) is 14.4. The molecule has 1 fully saturated rings. The van der Waals surface area contributed by atoms with Crippen molar-refractivity contribution in [3.05, 3.63) is 47.3 Å². The van der Waals surface area contributed by atoms with Crippen LogP contribution < -0.4 is 0 Å². The zero-order chi connectivity index (χ0) is 21.5. The van der Waals surface area contributed by atoms with Crippen molar-refractivity contribution in [3.63, 3.8) is 0 Å². The van der Waals surface area contributed by atoms with Crippen LogP contribution in [0, 0.1) is 0 Å². The van der Waals surface area contributed by atoms with Crippen molar-refractivity contribution in [3.8, 4) is 0 Å². The summed E-state index contributed by atoms with van der Waals surface area (Å²) in [7, 11) is 4.03. The lowest BCUT2D eigenvalue weighted by atomic mass is 10.3. The summed E-state index contributed by atoms with van der Waals surface area (Å²) in [5.41, 5.74) is 0. The number of hydrogen-bond acceptors (Lipinski definition) is 8. The van der Waals surface area contributed by atoms with E-state index in [9.17, 15) is 9.59 Å². The molecule has 3 heterocycles. The van der Waals surface area contributed by atoms with Gasteiger partial charge in [0.15, 0.2) is 0 Å². The van der Waals surface area contributed by atoms with E-state index in [4.69, 9.17) is 13.6 Å². The van der Waals surface area contributed by atoms with Gasteiger partial charge in [0.25, 0.3) is 0 Å². The quantitative estimate of drug-likeness (QED) is 0.397. The van der Waals surface area contributed by atoms with Crippen LogP contribution in [0.3, 0.4) is 0 Å².